The fourth-order valence-corrected chi connectivity index (χ4v) is 4.20. The van der Waals surface area contributed by atoms with E-state index < -0.39 is 6.09 Å². The number of nitrogens with zero attached hydrogens (tertiary/aromatic N) is 1. The molecule has 3 aromatic rings. The first-order chi connectivity index (χ1) is 14.1. The third-order valence-corrected chi connectivity index (χ3v) is 6.51. The molecule has 30 heavy (non-hydrogen) atoms. The predicted octanol–water partition coefficient (Wildman–Crippen LogP) is 5.52. The van der Waals surface area contributed by atoms with Gasteiger partial charge in [-0.1, -0.05) is 32.5 Å². The Labute approximate surface area is 182 Å². The van der Waals surface area contributed by atoms with E-state index in [2.05, 4.69) is 36.4 Å². The number of hydrogen-bond donors (Lipinski definition) is 4. The first-order valence-electron chi connectivity index (χ1n) is 9.07. The molecular formula is C21H22N4O3S2. The molecule has 0 fully saturated rings. The summed E-state index contributed by atoms with van der Waals surface area (Å²) < 4.78 is 0. The lowest BCUT2D eigenvalue weighted by Gasteiger charge is -2.14. The molecule has 0 unspecified atom stereocenters. The number of nitrogen functional groups attached to an aromatic ring is 1. The number of hydrogen-bond acceptors (Lipinski definition) is 6. The van der Waals surface area contributed by atoms with E-state index in [-0.39, 0.29) is 11.3 Å². The zero-order valence-electron chi connectivity index (χ0n) is 16.7. The van der Waals surface area contributed by atoms with Crippen molar-refractivity contribution < 1.29 is 14.7 Å². The minimum absolute atomic E-state index is 0.0220. The average Bonchev–Trinajstić information content (AvgIpc) is 3.13. The molecule has 0 atom stereocenters. The van der Waals surface area contributed by atoms with Gasteiger partial charge in [-0.25, -0.2) is 9.78 Å². The molecule has 2 aromatic carbocycles. The van der Waals surface area contributed by atoms with Crippen molar-refractivity contribution in [2.75, 3.05) is 16.4 Å². The van der Waals surface area contributed by atoms with Gasteiger partial charge in [-0.05, 0) is 47.9 Å². The summed E-state index contributed by atoms with van der Waals surface area (Å²) in [5.74, 6) is -0.267. The number of rotatable bonds is 5. The van der Waals surface area contributed by atoms with Gasteiger partial charge in [0.05, 0.1) is 0 Å². The van der Waals surface area contributed by atoms with Crippen LogP contribution in [-0.2, 0) is 5.41 Å². The summed E-state index contributed by atoms with van der Waals surface area (Å²) in [5.41, 5.74) is 7.55. The molecule has 0 aliphatic rings. The number of benzene rings is 2. The zero-order valence-corrected chi connectivity index (χ0v) is 18.4. The molecule has 0 radical (unpaired) electrons. The predicted molar refractivity (Wildman–Crippen MR) is 122 cm³/mol. The van der Waals surface area contributed by atoms with E-state index in [1.165, 1.54) is 23.1 Å². The van der Waals surface area contributed by atoms with Crippen molar-refractivity contribution in [3.05, 3.63) is 59.1 Å². The maximum Gasteiger partial charge on any atom is 0.409 e. The van der Waals surface area contributed by atoms with Crippen LogP contribution in [0.5, 0.6) is 0 Å². The van der Waals surface area contributed by atoms with Gasteiger partial charge in [-0.3, -0.25) is 15.4 Å². The Bertz CT molecular complexity index is 1070. The SMILES string of the molecule is CC(C)(C)c1cnc(NC(=O)c2ccc(Sc3ccc(NC(=O)O)cc3)c(N)c2)s1. The molecule has 0 aliphatic carbocycles. The minimum atomic E-state index is -1.11. The molecular weight excluding hydrogens is 420 g/mol. The lowest BCUT2D eigenvalue weighted by atomic mass is 9.96. The van der Waals surface area contributed by atoms with Crippen LogP contribution >= 0.6 is 23.1 Å². The van der Waals surface area contributed by atoms with Crippen molar-refractivity contribution >= 4 is 51.6 Å². The van der Waals surface area contributed by atoms with Gasteiger partial charge in [-0.2, -0.15) is 0 Å². The number of anilines is 3. The summed E-state index contributed by atoms with van der Waals surface area (Å²) in [5, 5.41) is 14.4. The number of nitrogens with one attached hydrogen (secondary N) is 2. The molecule has 0 spiro atoms. The van der Waals surface area contributed by atoms with Crippen LogP contribution in [0.15, 0.2) is 58.5 Å². The normalized spacial score (nSPS) is 11.2. The average molecular weight is 443 g/mol. The molecule has 0 saturated heterocycles. The molecule has 0 bridgehead atoms. The third-order valence-electron chi connectivity index (χ3n) is 4.07. The van der Waals surface area contributed by atoms with E-state index in [0.29, 0.717) is 22.1 Å². The Morgan fingerprint density at radius 3 is 2.37 bits per heavy atom. The van der Waals surface area contributed by atoms with Crippen molar-refractivity contribution in [1.82, 2.24) is 4.98 Å². The Morgan fingerprint density at radius 1 is 1.10 bits per heavy atom. The zero-order chi connectivity index (χ0) is 21.9. The van der Waals surface area contributed by atoms with Crippen molar-refractivity contribution in [1.29, 1.82) is 0 Å². The van der Waals surface area contributed by atoms with Crippen LogP contribution < -0.4 is 16.4 Å². The van der Waals surface area contributed by atoms with Crippen LogP contribution in [0.2, 0.25) is 0 Å². The second kappa shape index (κ2) is 8.76. The second-order valence-corrected chi connectivity index (χ2v) is 9.69. The number of thiazole rings is 1. The first kappa shape index (κ1) is 21.7. The lowest BCUT2D eigenvalue weighted by molar-refractivity contribution is 0.102. The molecule has 2 amide bonds. The number of carboxylic acid groups (broad SMARTS) is 1. The molecule has 1 heterocycles. The van der Waals surface area contributed by atoms with Crippen molar-refractivity contribution in [2.24, 2.45) is 0 Å². The number of carbonyl (C=O) groups is 2. The largest absolute Gasteiger partial charge is 0.465 e. The summed E-state index contributed by atoms with van der Waals surface area (Å²) in [6.07, 6.45) is 0.673. The fraction of sp³-hybridized carbons (Fsp3) is 0.190. The third kappa shape index (κ3) is 5.52. The fourth-order valence-electron chi connectivity index (χ4n) is 2.49. The molecule has 9 heteroatoms. The quantitative estimate of drug-likeness (QED) is 0.387. The van der Waals surface area contributed by atoms with Gasteiger partial charge in [0.15, 0.2) is 5.13 Å². The van der Waals surface area contributed by atoms with E-state index in [4.69, 9.17) is 10.8 Å². The maximum atomic E-state index is 12.6. The lowest BCUT2D eigenvalue weighted by Crippen LogP contribution is -2.12. The van der Waals surface area contributed by atoms with Gasteiger partial charge >= 0.3 is 6.09 Å². The molecule has 156 valence electrons. The standard InChI is InChI=1S/C21H22N4O3S2/c1-21(2,3)17-11-23-19(30-17)25-18(26)12-4-9-16(15(22)10-12)29-14-7-5-13(6-8-14)24-20(27)28/h4-11,24H,22H2,1-3H3,(H,27,28)(H,23,25,26). The molecule has 0 saturated carbocycles. The second-order valence-electron chi connectivity index (χ2n) is 7.54. The van der Waals surface area contributed by atoms with E-state index in [0.717, 1.165) is 14.7 Å². The topological polar surface area (TPSA) is 117 Å². The number of amides is 2. The van der Waals surface area contributed by atoms with Crippen LogP contribution in [0.1, 0.15) is 36.0 Å². The van der Waals surface area contributed by atoms with Crippen molar-refractivity contribution in [3.8, 4) is 0 Å². The molecule has 0 aliphatic heterocycles. The highest BCUT2D eigenvalue weighted by Crippen LogP contribution is 2.34. The summed E-state index contributed by atoms with van der Waals surface area (Å²) in [7, 11) is 0. The van der Waals surface area contributed by atoms with E-state index in [9.17, 15) is 9.59 Å². The van der Waals surface area contributed by atoms with Crippen LogP contribution in [0.3, 0.4) is 0 Å². The molecule has 1 aromatic heterocycles. The summed E-state index contributed by atoms with van der Waals surface area (Å²) in [6.45, 7) is 6.29. The highest BCUT2D eigenvalue weighted by molar-refractivity contribution is 7.99. The van der Waals surface area contributed by atoms with E-state index in [1.54, 1.807) is 48.7 Å². The minimum Gasteiger partial charge on any atom is -0.465 e. The van der Waals surface area contributed by atoms with Crippen molar-refractivity contribution in [2.45, 2.75) is 36.0 Å². The molecule has 5 N–H and O–H groups in total. The van der Waals surface area contributed by atoms with Gasteiger partial charge in [0.2, 0.25) is 0 Å². The van der Waals surface area contributed by atoms with Crippen LogP contribution in [0, 0.1) is 0 Å². The van der Waals surface area contributed by atoms with Gasteiger partial charge in [0.25, 0.3) is 5.91 Å². The van der Waals surface area contributed by atoms with Gasteiger partial charge in [0, 0.05) is 37.8 Å². The number of carbonyl (C=O) groups excluding carboxylic acids is 1. The van der Waals surface area contributed by atoms with Gasteiger partial charge < -0.3 is 10.8 Å². The van der Waals surface area contributed by atoms with E-state index >= 15 is 0 Å². The smallest absolute Gasteiger partial charge is 0.409 e. The number of nitrogens with two attached hydrogens (primary N) is 1. The highest BCUT2D eigenvalue weighted by atomic mass is 32.2. The number of aromatic nitrogens is 1. The Balaban J connectivity index is 1.68. The first-order valence-corrected chi connectivity index (χ1v) is 10.7. The summed E-state index contributed by atoms with van der Waals surface area (Å²) in [6, 6.07) is 12.1. The van der Waals surface area contributed by atoms with E-state index in [1.807, 2.05) is 0 Å². The Kier molecular flexibility index (Phi) is 6.33. The molecule has 3 rings (SSSR count). The van der Waals surface area contributed by atoms with Gasteiger partial charge in [-0.15, -0.1) is 11.3 Å². The monoisotopic (exact) mass is 442 g/mol. The summed E-state index contributed by atoms with van der Waals surface area (Å²) in [4.78, 5) is 30.3. The maximum absolute atomic E-state index is 12.6. The molecule has 7 nitrogen and oxygen atoms in total. The Hall–Kier alpha value is -3.04. The Morgan fingerprint density at radius 2 is 1.80 bits per heavy atom. The van der Waals surface area contributed by atoms with Crippen molar-refractivity contribution in [3.63, 3.8) is 0 Å². The van der Waals surface area contributed by atoms with Gasteiger partial charge in [0.1, 0.15) is 0 Å². The summed E-state index contributed by atoms with van der Waals surface area (Å²) >= 11 is 2.89. The highest BCUT2D eigenvalue weighted by Gasteiger charge is 2.18. The van der Waals surface area contributed by atoms with Crippen LogP contribution in [0.4, 0.5) is 21.3 Å². The van der Waals surface area contributed by atoms with Crippen LogP contribution in [0.25, 0.3) is 0 Å². The van der Waals surface area contributed by atoms with Crippen LogP contribution in [-0.4, -0.2) is 22.1 Å².